The molecule has 2 rings (SSSR count). The summed E-state index contributed by atoms with van der Waals surface area (Å²) in [6.07, 6.45) is 2.39. The molecule has 0 nitrogen and oxygen atoms in total. The summed E-state index contributed by atoms with van der Waals surface area (Å²) in [5, 5.41) is 0. The van der Waals surface area contributed by atoms with Crippen molar-refractivity contribution >= 4 is 0 Å². The number of benzene rings is 2. The molecule has 0 aliphatic rings. The Morgan fingerprint density at radius 1 is 0.870 bits per heavy atom. The Morgan fingerprint density at radius 2 is 1.39 bits per heavy atom. The fraction of sp³-hybridized carbons (Fsp3) is 0.455. The highest BCUT2D eigenvalue weighted by atomic mass is 19.1. The third-order valence-electron chi connectivity index (χ3n) is 3.22. The van der Waals surface area contributed by atoms with Gasteiger partial charge in [-0.1, -0.05) is 89.9 Å². The van der Waals surface area contributed by atoms with Gasteiger partial charge in [-0.3, -0.25) is 0 Å². The maximum Gasteiger partial charge on any atom is 0.123 e. The van der Waals surface area contributed by atoms with Crippen LogP contribution in [-0.4, -0.2) is 0 Å². The molecule has 0 fully saturated rings. The van der Waals surface area contributed by atoms with Crippen molar-refractivity contribution in [1.82, 2.24) is 0 Å². The molecule has 0 saturated heterocycles. The van der Waals surface area contributed by atoms with E-state index in [0.717, 1.165) is 12.0 Å². The molecule has 0 aliphatic heterocycles. The zero-order valence-corrected chi connectivity index (χ0v) is 15.9. The van der Waals surface area contributed by atoms with Gasteiger partial charge in [0.2, 0.25) is 0 Å². The highest BCUT2D eigenvalue weighted by Crippen LogP contribution is 2.21. The second-order valence-electron chi connectivity index (χ2n) is 6.81. The molecule has 23 heavy (non-hydrogen) atoms. The molecular formula is C22H33F. The standard InChI is InChI=1S/C10H13F.C9H12.C3H8/c1-10(2,3)8-5-4-6-9(11)7-8;1-3-9-6-4-8(2)5-7-9;1-3-2/h4-7H,1-3H3;4-7H,3H2,1-2H3;3H2,1-2H3. The molecule has 0 heterocycles. The van der Waals surface area contributed by atoms with Crippen molar-refractivity contribution < 1.29 is 4.39 Å². The van der Waals surface area contributed by atoms with Crippen LogP contribution in [0.4, 0.5) is 4.39 Å². The van der Waals surface area contributed by atoms with Crippen LogP contribution in [0.5, 0.6) is 0 Å². The van der Waals surface area contributed by atoms with E-state index < -0.39 is 0 Å². The molecule has 0 unspecified atom stereocenters. The summed E-state index contributed by atoms with van der Waals surface area (Å²) < 4.78 is 12.7. The molecule has 1 heteroatoms. The second-order valence-corrected chi connectivity index (χ2v) is 6.81. The second kappa shape index (κ2) is 11.0. The van der Waals surface area contributed by atoms with E-state index in [1.54, 1.807) is 12.1 Å². The molecule has 0 N–H and O–H groups in total. The lowest BCUT2D eigenvalue weighted by Crippen LogP contribution is -2.10. The van der Waals surface area contributed by atoms with Gasteiger partial charge in [-0.25, -0.2) is 4.39 Å². The van der Waals surface area contributed by atoms with Gasteiger partial charge >= 0.3 is 0 Å². The van der Waals surface area contributed by atoms with Gasteiger partial charge in [0, 0.05) is 0 Å². The molecule has 128 valence electrons. The third-order valence-corrected chi connectivity index (χ3v) is 3.22. The van der Waals surface area contributed by atoms with E-state index in [1.807, 2.05) is 6.07 Å². The molecule has 0 aromatic heterocycles. The summed E-state index contributed by atoms with van der Waals surface area (Å²) in [6, 6.07) is 15.4. The molecule has 0 amide bonds. The van der Waals surface area contributed by atoms with E-state index >= 15 is 0 Å². The first-order valence-electron chi connectivity index (χ1n) is 8.56. The minimum Gasteiger partial charge on any atom is -0.207 e. The predicted octanol–water partition coefficient (Wildman–Crippen LogP) is 7.10. The van der Waals surface area contributed by atoms with Gasteiger partial charge < -0.3 is 0 Å². The van der Waals surface area contributed by atoms with Gasteiger partial charge in [0.05, 0.1) is 0 Å². The maximum absolute atomic E-state index is 12.7. The van der Waals surface area contributed by atoms with Gasteiger partial charge in [-0.05, 0) is 42.0 Å². The Balaban J connectivity index is 0.000000365. The average molecular weight is 317 g/mol. The molecule has 0 atom stereocenters. The monoisotopic (exact) mass is 316 g/mol. The van der Waals surface area contributed by atoms with Crippen LogP contribution in [0.2, 0.25) is 0 Å². The first-order chi connectivity index (χ1) is 10.7. The van der Waals surface area contributed by atoms with Crippen LogP contribution >= 0.6 is 0 Å². The van der Waals surface area contributed by atoms with Gasteiger partial charge in [0.15, 0.2) is 0 Å². The van der Waals surface area contributed by atoms with Crippen LogP contribution in [-0.2, 0) is 11.8 Å². The predicted molar refractivity (Wildman–Crippen MR) is 102 cm³/mol. The fourth-order valence-corrected chi connectivity index (χ4v) is 1.78. The summed E-state index contributed by atoms with van der Waals surface area (Å²) in [7, 11) is 0. The highest BCUT2D eigenvalue weighted by Gasteiger charge is 2.13. The number of halogens is 1. The summed E-state index contributed by atoms with van der Waals surface area (Å²) >= 11 is 0. The maximum atomic E-state index is 12.7. The number of hydrogen-bond acceptors (Lipinski definition) is 0. The molecule has 0 bridgehead atoms. The van der Waals surface area contributed by atoms with Gasteiger partial charge in [0.25, 0.3) is 0 Å². The van der Waals surface area contributed by atoms with Crippen molar-refractivity contribution in [2.75, 3.05) is 0 Å². The fourth-order valence-electron chi connectivity index (χ4n) is 1.78. The van der Waals surface area contributed by atoms with Crippen molar-refractivity contribution in [1.29, 1.82) is 0 Å². The van der Waals surface area contributed by atoms with Crippen LogP contribution in [0.15, 0.2) is 48.5 Å². The minimum atomic E-state index is -0.155. The zero-order chi connectivity index (χ0) is 17.9. The van der Waals surface area contributed by atoms with Crippen molar-refractivity contribution in [2.24, 2.45) is 0 Å². The van der Waals surface area contributed by atoms with E-state index in [0.29, 0.717) is 0 Å². The lowest BCUT2D eigenvalue weighted by molar-refractivity contribution is 0.572. The number of aryl methyl sites for hydroxylation is 2. The van der Waals surface area contributed by atoms with E-state index in [-0.39, 0.29) is 11.2 Å². The third kappa shape index (κ3) is 9.89. The van der Waals surface area contributed by atoms with E-state index in [1.165, 1.54) is 23.6 Å². The molecule has 0 spiro atoms. The van der Waals surface area contributed by atoms with Gasteiger partial charge in [-0.2, -0.15) is 0 Å². The smallest absolute Gasteiger partial charge is 0.123 e. The van der Waals surface area contributed by atoms with E-state index in [9.17, 15) is 4.39 Å². The largest absolute Gasteiger partial charge is 0.207 e. The quantitative estimate of drug-likeness (QED) is 0.526. The minimum absolute atomic E-state index is 0.0437. The molecule has 0 aliphatic carbocycles. The van der Waals surface area contributed by atoms with Gasteiger partial charge in [-0.15, -0.1) is 0 Å². The van der Waals surface area contributed by atoms with Crippen LogP contribution < -0.4 is 0 Å². The molecule has 2 aromatic carbocycles. The molecule has 0 radical (unpaired) electrons. The summed E-state index contributed by atoms with van der Waals surface area (Å²) in [5.74, 6) is -0.155. The van der Waals surface area contributed by atoms with Crippen LogP contribution in [0.3, 0.4) is 0 Å². The number of rotatable bonds is 1. The highest BCUT2D eigenvalue weighted by molar-refractivity contribution is 5.23. The molecular weight excluding hydrogens is 283 g/mol. The van der Waals surface area contributed by atoms with Gasteiger partial charge in [0.1, 0.15) is 5.82 Å². The normalized spacial score (nSPS) is 10.1. The SMILES string of the molecule is CC(C)(C)c1cccc(F)c1.CCC.CCc1ccc(C)cc1. The van der Waals surface area contributed by atoms with Crippen molar-refractivity contribution in [3.05, 3.63) is 71.0 Å². The van der Waals surface area contributed by atoms with E-state index in [2.05, 4.69) is 72.7 Å². The Labute approximate surface area is 142 Å². The van der Waals surface area contributed by atoms with Crippen molar-refractivity contribution in [3.63, 3.8) is 0 Å². The molecule has 2 aromatic rings. The van der Waals surface area contributed by atoms with Crippen LogP contribution in [0, 0.1) is 12.7 Å². The Bertz CT molecular complexity index is 533. The lowest BCUT2D eigenvalue weighted by Gasteiger charge is -2.18. The first-order valence-corrected chi connectivity index (χ1v) is 8.56. The Morgan fingerprint density at radius 3 is 1.74 bits per heavy atom. The summed E-state index contributed by atoms with van der Waals surface area (Å²) in [6.45, 7) is 14.7. The first kappa shape index (κ1) is 21.4. The van der Waals surface area contributed by atoms with E-state index in [4.69, 9.17) is 0 Å². The lowest BCUT2D eigenvalue weighted by atomic mass is 9.87. The zero-order valence-electron chi connectivity index (χ0n) is 15.9. The average Bonchev–Trinajstić information content (AvgIpc) is 2.49. The Kier molecular flexibility index (Phi) is 10.2. The van der Waals surface area contributed by atoms with Crippen molar-refractivity contribution in [3.8, 4) is 0 Å². The summed E-state index contributed by atoms with van der Waals surface area (Å²) in [5.41, 5.74) is 3.84. The topological polar surface area (TPSA) is 0 Å². The Hall–Kier alpha value is -1.63. The number of hydrogen-bond donors (Lipinski definition) is 0. The van der Waals surface area contributed by atoms with Crippen molar-refractivity contribution in [2.45, 2.75) is 66.7 Å². The van der Waals surface area contributed by atoms with Crippen LogP contribution in [0.25, 0.3) is 0 Å². The van der Waals surface area contributed by atoms with Crippen LogP contribution in [0.1, 0.15) is 64.7 Å². The summed E-state index contributed by atoms with van der Waals surface area (Å²) in [4.78, 5) is 0. The molecule has 0 saturated carbocycles.